The van der Waals surface area contributed by atoms with E-state index in [1.807, 2.05) is 54.6 Å². The number of carbonyl (C=O) groups is 1. The third-order valence-corrected chi connectivity index (χ3v) is 4.76. The van der Waals surface area contributed by atoms with Gasteiger partial charge in [-0.3, -0.25) is 9.78 Å². The fourth-order valence-corrected chi connectivity index (χ4v) is 3.20. The Balaban J connectivity index is 1.36. The van der Waals surface area contributed by atoms with E-state index >= 15 is 0 Å². The first-order chi connectivity index (χ1) is 14.7. The van der Waals surface area contributed by atoms with Crippen LogP contribution < -0.4 is 15.4 Å². The van der Waals surface area contributed by atoms with Crippen molar-refractivity contribution in [3.05, 3.63) is 90.3 Å². The molecular weight excluding hydrogens is 376 g/mol. The number of methoxy groups -OCH3 is 1. The van der Waals surface area contributed by atoms with Crippen molar-refractivity contribution in [2.45, 2.75) is 6.42 Å². The summed E-state index contributed by atoms with van der Waals surface area (Å²) in [5, 5.41) is 7.18. The van der Waals surface area contributed by atoms with Crippen molar-refractivity contribution >= 4 is 28.3 Å². The molecule has 4 aromatic rings. The Morgan fingerprint density at radius 3 is 2.70 bits per heavy atom. The largest absolute Gasteiger partial charge is 0.497 e. The number of amides is 1. The molecule has 6 heteroatoms. The van der Waals surface area contributed by atoms with Crippen molar-refractivity contribution in [3.8, 4) is 5.75 Å². The molecule has 0 spiro atoms. The van der Waals surface area contributed by atoms with Crippen LogP contribution in [0.4, 0.5) is 11.5 Å². The third-order valence-electron chi connectivity index (χ3n) is 4.76. The first-order valence-electron chi connectivity index (χ1n) is 9.71. The van der Waals surface area contributed by atoms with Gasteiger partial charge < -0.3 is 15.4 Å². The van der Waals surface area contributed by atoms with Gasteiger partial charge in [-0.2, -0.15) is 0 Å². The summed E-state index contributed by atoms with van der Waals surface area (Å²) >= 11 is 0. The molecule has 6 nitrogen and oxygen atoms in total. The van der Waals surface area contributed by atoms with Crippen molar-refractivity contribution in [2.75, 3.05) is 24.3 Å². The van der Waals surface area contributed by atoms with Crippen LogP contribution in [0.15, 0.2) is 79.1 Å². The maximum Gasteiger partial charge on any atom is 0.257 e. The van der Waals surface area contributed by atoms with Crippen LogP contribution in [0.5, 0.6) is 5.75 Å². The molecule has 0 unspecified atom stereocenters. The SMILES string of the molecule is COc1cccc(CCNc2ccc(C(=O)Nc3cccc4cccnc34)cn2)c1. The minimum atomic E-state index is -0.219. The lowest BCUT2D eigenvalue weighted by molar-refractivity contribution is 0.102. The number of aromatic nitrogens is 2. The van der Waals surface area contributed by atoms with Gasteiger partial charge in [0, 0.05) is 24.3 Å². The topological polar surface area (TPSA) is 76.1 Å². The van der Waals surface area contributed by atoms with Crippen molar-refractivity contribution in [1.29, 1.82) is 0 Å². The number of anilines is 2. The molecule has 0 aliphatic carbocycles. The zero-order chi connectivity index (χ0) is 20.8. The third kappa shape index (κ3) is 4.55. The zero-order valence-corrected chi connectivity index (χ0v) is 16.6. The van der Waals surface area contributed by atoms with Crippen molar-refractivity contribution in [2.24, 2.45) is 0 Å². The van der Waals surface area contributed by atoms with E-state index in [9.17, 15) is 4.79 Å². The van der Waals surface area contributed by atoms with Gasteiger partial charge in [0.1, 0.15) is 11.6 Å². The Bertz CT molecular complexity index is 1150. The van der Waals surface area contributed by atoms with E-state index in [0.29, 0.717) is 11.3 Å². The average molecular weight is 398 g/mol. The van der Waals surface area contributed by atoms with E-state index in [0.717, 1.165) is 35.4 Å². The molecule has 0 saturated carbocycles. The maximum absolute atomic E-state index is 12.6. The summed E-state index contributed by atoms with van der Waals surface area (Å²) in [6.07, 6.45) is 4.13. The fraction of sp³-hybridized carbons (Fsp3) is 0.125. The number of hydrogen-bond acceptors (Lipinski definition) is 5. The summed E-state index contributed by atoms with van der Waals surface area (Å²) in [6, 6.07) is 21.1. The summed E-state index contributed by atoms with van der Waals surface area (Å²) in [6.45, 7) is 0.730. The highest BCUT2D eigenvalue weighted by Crippen LogP contribution is 2.21. The number of nitrogens with zero attached hydrogens (tertiary/aromatic N) is 2. The molecule has 2 heterocycles. The van der Waals surface area contributed by atoms with Gasteiger partial charge >= 0.3 is 0 Å². The molecule has 30 heavy (non-hydrogen) atoms. The van der Waals surface area contributed by atoms with Crippen LogP contribution >= 0.6 is 0 Å². The normalized spacial score (nSPS) is 10.6. The molecule has 2 N–H and O–H groups in total. The smallest absolute Gasteiger partial charge is 0.257 e. The number of rotatable bonds is 7. The standard InChI is InChI=1S/C24H22N4O2/c1-30-20-8-2-5-17(15-20)12-14-25-22-11-10-19(16-27-22)24(29)28-21-9-3-6-18-7-4-13-26-23(18)21/h2-11,13,15-16H,12,14H2,1H3,(H,25,27)(H,28,29). The van der Waals surface area contributed by atoms with Crippen LogP contribution in [0.2, 0.25) is 0 Å². The molecule has 0 saturated heterocycles. The lowest BCUT2D eigenvalue weighted by Crippen LogP contribution is -2.13. The fourth-order valence-electron chi connectivity index (χ4n) is 3.20. The molecule has 4 rings (SSSR count). The zero-order valence-electron chi connectivity index (χ0n) is 16.6. The Morgan fingerprint density at radius 2 is 1.87 bits per heavy atom. The van der Waals surface area contributed by atoms with E-state index < -0.39 is 0 Å². The van der Waals surface area contributed by atoms with Crippen LogP contribution in [0, 0.1) is 0 Å². The Hall–Kier alpha value is -3.93. The van der Waals surface area contributed by atoms with Gasteiger partial charge in [0.25, 0.3) is 5.91 Å². The van der Waals surface area contributed by atoms with Crippen LogP contribution in [-0.4, -0.2) is 29.5 Å². The first-order valence-corrected chi connectivity index (χ1v) is 9.71. The molecule has 150 valence electrons. The molecule has 2 aromatic carbocycles. The lowest BCUT2D eigenvalue weighted by Gasteiger charge is -2.09. The van der Waals surface area contributed by atoms with Gasteiger partial charge in [0.2, 0.25) is 0 Å². The van der Waals surface area contributed by atoms with E-state index in [1.54, 1.807) is 25.6 Å². The number of benzene rings is 2. The molecule has 2 aromatic heterocycles. The Morgan fingerprint density at radius 1 is 1.00 bits per heavy atom. The second-order valence-electron chi connectivity index (χ2n) is 6.80. The predicted octanol–water partition coefficient (Wildman–Crippen LogP) is 4.55. The second-order valence-corrected chi connectivity index (χ2v) is 6.80. The van der Waals surface area contributed by atoms with Crippen LogP contribution in [0.3, 0.4) is 0 Å². The molecule has 0 aliphatic heterocycles. The maximum atomic E-state index is 12.6. The summed E-state index contributed by atoms with van der Waals surface area (Å²) in [4.78, 5) is 21.3. The van der Waals surface area contributed by atoms with Gasteiger partial charge in [-0.25, -0.2) is 4.98 Å². The minimum Gasteiger partial charge on any atom is -0.497 e. The molecule has 0 fully saturated rings. The van der Waals surface area contributed by atoms with Gasteiger partial charge in [0.05, 0.1) is 23.9 Å². The molecule has 0 atom stereocenters. The molecule has 0 bridgehead atoms. The van der Waals surface area contributed by atoms with Gasteiger partial charge in [0.15, 0.2) is 0 Å². The number of carbonyl (C=O) groups excluding carboxylic acids is 1. The number of para-hydroxylation sites is 1. The molecular formula is C24H22N4O2. The quantitative estimate of drug-likeness (QED) is 0.478. The van der Waals surface area contributed by atoms with Crippen LogP contribution in [0.1, 0.15) is 15.9 Å². The number of ether oxygens (including phenoxy) is 1. The summed E-state index contributed by atoms with van der Waals surface area (Å²) < 4.78 is 5.25. The predicted molar refractivity (Wildman–Crippen MR) is 119 cm³/mol. The molecule has 1 amide bonds. The highest BCUT2D eigenvalue weighted by Gasteiger charge is 2.09. The molecule has 0 aliphatic rings. The summed E-state index contributed by atoms with van der Waals surface area (Å²) in [5.41, 5.74) is 3.11. The minimum absolute atomic E-state index is 0.219. The van der Waals surface area contributed by atoms with E-state index in [-0.39, 0.29) is 5.91 Å². The van der Waals surface area contributed by atoms with Gasteiger partial charge in [-0.15, -0.1) is 0 Å². The number of hydrogen-bond donors (Lipinski definition) is 2. The highest BCUT2D eigenvalue weighted by molar-refractivity contribution is 6.08. The monoisotopic (exact) mass is 398 g/mol. The van der Waals surface area contributed by atoms with E-state index in [1.165, 1.54) is 5.56 Å². The van der Waals surface area contributed by atoms with E-state index in [2.05, 4.69) is 26.7 Å². The van der Waals surface area contributed by atoms with E-state index in [4.69, 9.17) is 4.74 Å². The van der Waals surface area contributed by atoms with Gasteiger partial charge in [-0.1, -0.05) is 30.3 Å². The number of fused-ring (bicyclic) bond motifs is 1. The summed E-state index contributed by atoms with van der Waals surface area (Å²) in [7, 11) is 1.66. The molecule has 0 radical (unpaired) electrons. The number of pyridine rings is 2. The first kappa shape index (κ1) is 19.4. The summed E-state index contributed by atoms with van der Waals surface area (Å²) in [5.74, 6) is 1.35. The second kappa shape index (κ2) is 9.05. The number of nitrogens with one attached hydrogen (secondary N) is 2. The van der Waals surface area contributed by atoms with Crippen molar-refractivity contribution in [3.63, 3.8) is 0 Å². The average Bonchev–Trinajstić information content (AvgIpc) is 2.80. The van der Waals surface area contributed by atoms with Crippen molar-refractivity contribution in [1.82, 2.24) is 9.97 Å². The Labute approximate surface area is 175 Å². The van der Waals surface area contributed by atoms with Crippen molar-refractivity contribution < 1.29 is 9.53 Å². The van der Waals surface area contributed by atoms with Gasteiger partial charge in [-0.05, 0) is 48.4 Å². The lowest BCUT2D eigenvalue weighted by atomic mass is 10.1. The van der Waals surface area contributed by atoms with Crippen LogP contribution in [-0.2, 0) is 6.42 Å². The highest BCUT2D eigenvalue weighted by atomic mass is 16.5. The van der Waals surface area contributed by atoms with Crippen LogP contribution in [0.25, 0.3) is 10.9 Å². The Kier molecular flexibility index (Phi) is 5.85.